The summed E-state index contributed by atoms with van der Waals surface area (Å²) in [5.74, 6) is 0. The maximum absolute atomic E-state index is 3.55. The Morgan fingerprint density at radius 1 is 1.00 bits per heavy atom. The largest absolute Gasteiger partial charge is 0.306 e. The number of nitrogens with one attached hydrogen (secondary N) is 1. The number of benzene rings is 2. The van der Waals surface area contributed by atoms with Crippen LogP contribution in [0.2, 0.25) is 0 Å². The molecule has 0 bridgehead atoms. The van der Waals surface area contributed by atoms with Crippen LogP contribution in [0.3, 0.4) is 0 Å². The van der Waals surface area contributed by atoms with Crippen LogP contribution >= 0.6 is 31.9 Å². The van der Waals surface area contributed by atoms with Gasteiger partial charge in [0.1, 0.15) is 0 Å². The Kier molecular flexibility index (Phi) is 5.20. The predicted molar refractivity (Wildman–Crippen MR) is 88.3 cm³/mol. The normalized spacial score (nSPS) is 12.4. The third-order valence-electron chi connectivity index (χ3n) is 3.17. The molecule has 3 heteroatoms. The van der Waals surface area contributed by atoms with Crippen LogP contribution in [0, 0.1) is 6.92 Å². The van der Waals surface area contributed by atoms with Gasteiger partial charge >= 0.3 is 0 Å². The molecular weight excluding hydrogens is 366 g/mol. The lowest BCUT2D eigenvalue weighted by atomic mass is 10.1. The van der Waals surface area contributed by atoms with E-state index in [0.717, 1.165) is 15.5 Å². The first-order valence-electron chi connectivity index (χ1n) is 6.30. The van der Waals surface area contributed by atoms with Crippen molar-refractivity contribution in [3.8, 4) is 0 Å². The molecule has 0 aromatic heterocycles. The number of hydrogen-bond acceptors (Lipinski definition) is 1. The minimum Gasteiger partial charge on any atom is -0.306 e. The van der Waals surface area contributed by atoms with E-state index in [0.29, 0.717) is 6.04 Å². The summed E-state index contributed by atoms with van der Waals surface area (Å²) in [7, 11) is 0. The zero-order valence-electron chi connectivity index (χ0n) is 11.1. The second-order valence-electron chi connectivity index (χ2n) is 4.76. The number of rotatable bonds is 4. The van der Waals surface area contributed by atoms with Crippen LogP contribution in [0.4, 0.5) is 0 Å². The molecule has 2 aromatic carbocycles. The Bertz CT molecular complexity index is 549. The summed E-state index contributed by atoms with van der Waals surface area (Å²) in [4.78, 5) is 0. The van der Waals surface area contributed by atoms with Gasteiger partial charge in [0.15, 0.2) is 0 Å². The summed E-state index contributed by atoms with van der Waals surface area (Å²) < 4.78 is 2.18. The lowest BCUT2D eigenvalue weighted by Crippen LogP contribution is -2.18. The molecule has 0 aliphatic rings. The van der Waals surface area contributed by atoms with E-state index < -0.39 is 0 Å². The first kappa shape index (κ1) is 14.8. The molecule has 0 aliphatic heterocycles. The quantitative estimate of drug-likeness (QED) is 0.749. The number of halogens is 2. The van der Waals surface area contributed by atoms with E-state index in [-0.39, 0.29) is 0 Å². The molecule has 1 N–H and O–H groups in total. The Morgan fingerprint density at radius 3 is 2.32 bits per heavy atom. The van der Waals surface area contributed by atoms with Gasteiger partial charge in [-0.1, -0.05) is 35.9 Å². The van der Waals surface area contributed by atoms with Crippen molar-refractivity contribution >= 4 is 31.9 Å². The number of hydrogen-bond donors (Lipinski definition) is 1. The van der Waals surface area contributed by atoms with E-state index in [4.69, 9.17) is 0 Å². The second-order valence-corrected chi connectivity index (χ2v) is 6.47. The van der Waals surface area contributed by atoms with Gasteiger partial charge < -0.3 is 5.32 Å². The van der Waals surface area contributed by atoms with Gasteiger partial charge in [-0.25, -0.2) is 0 Å². The van der Waals surface area contributed by atoms with Crippen molar-refractivity contribution in [3.63, 3.8) is 0 Å². The first-order valence-corrected chi connectivity index (χ1v) is 7.89. The molecule has 0 fully saturated rings. The van der Waals surface area contributed by atoms with E-state index >= 15 is 0 Å². The highest BCUT2D eigenvalue weighted by Crippen LogP contribution is 2.24. The zero-order valence-corrected chi connectivity index (χ0v) is 14.3. The van der Waals surface area contributed by atoms with Crippen LogP contribution in [0.15, 0.2) is 51.4 Å². The highest BCUT2D eigenvalue weighted by molar-refractivity contribution is 9.13. The lowest BCUT2D eigenvalue weighted by Gasteiger charge is -2.15. The van der Waals surface area contributed by atoms with Crippen LogP contribution in [0.1, 0.15) is 29.7 Å². The fraction of sp³-hybridized carbons (Fsp3) is 0.250. The maximum atomic E-state index is 3.55. The van der Waals surface area contributed by atoms with Crippen molar-refractivity contribution in [2.24, 2.45) is 0 Å². The minimum absolute atomic E-state index is 0.350. The Labute approximate surface area is 131 Å². The molecule has 0 aliphatic carbocycles. The SMILES string of the molecule is Cc1ccc([C@H](C)NCc2ccc(Br)c(Br)c2)cc1. The Hall–Kier alpha value is -0.640. The van der Waals surface area contributed by atoms with Gasteiger partial charge in [0.2, 0.25) is 0 Å². The summed E-state index contributed by atoms with van der Waals surface area (Å²) >= 11 is 7.02. The van der Waals surface area contributed by atoms with Gasteiger partial charge in [0, 0.05) is 21.5 Å². The first-order chi connectivity index (χ1) is 9.06. The molecule has 0 saturated heterocycles. The Morgan fingerprint density at radius 2 is 1.68 bits per heavy atom. The van der Waals surface area contributed by atoms with Crippen molar-refractivity contribution in [3.05, 3.63) is 68.1 Å². The monoisotopic (exact) mass is 381 g/mol. The molecule has 1 atom stereocenters. The molecule has 0 radical (unpaired) electrons. The molecule has 100 valence electrons. The van der Waals surface area contributed by atoms with Gasteiger partial charge in [0.05, 0.1) is 0 Å². The van der Waals surface area contributed by atoms with Gasteiger partial charge in [-0.05, 0) is 69.0 Å². The average molecular weight is 383 g/mol. The summed E-state index contributed by atoms with van der Waals surface area (Å²) in [5, 5.41) is 3.55. The van der Waals surface area contributed by atoms with E-state index in [1.165, 1.54) is 16.7 Å². The van der Waals surface area contributed by atoms with Crippen LogP contribution < -0.4 is 5.32 Å². The second kappa shape index (κ2) is 6.69. The van der Waals surface area contributed by atoms with Crippen LogP contribution in [0.25, 0.3) is 0 Å². The highest BCUT2D eigenvalue weighted by atomic mass is 79.9. The van der Waals surface area contributed by atoms with Crippen molar-refractivity contribution in [2.75, 3.05) is 0 Å². The predicted octanol–water partition coefficient (Wildman–Crippen LogP) is 5.37. The van der Waals surface area contributed by atoms with Gasteiger partial charge in [-0.2, -0.15) is 0 Å². The third-order valence-corrected chi connectivity index (χ3v) is 5.05. The highest BCUT2D eigenvalue weighted by Gasteiger charge is 2.05. The summed E-state index contributed by atoms with van der Waals surface area (Å²) in [5.41, 5.74) is 3.89. The molecule has 0 unspecified atom stereocenters. The van der Waals surface area contributed by atoms with Gasteiger partial charge in [-0.15, -0.1) is 0 Å². The summed E-state index contributed by atoms with van der Waals surface area (Å²) in [6.07, 6.45) is 0. The minimum atomic E-state index is 0.350. The lowest BCUT2D eigenvalue weighted by molar-refractivity contribution is 0.574. The topological polar surface area (TPSA) is 12.0 Å². The van der Waals surface area contributed by atoms with Crippen LogP contribution in [-0.4, -0.2) is 0 Å². The fourth-order valence-electron chi connectivity index (χ4n) is 1.89. The van der Waals surface area contributed by atoms with Crippen molar-refractivity contribution in [1.29, 1.82) is 0 Å². The van der Waals surface area contributed by atoms with Crippen molar-refractivity contribution < 1.29 is 0 Å². The molecule has 0 spiro atoms. The third kappa shape index (κ3) is 4.16. The molecule has 0 saturated carbocycles. The standard InChI is InChI=1S/C16H17Br2N/c1-11-3-6-14(7-4-11)12(2)19-10-13-5-8-15(17)16(18)9-13/h3-9,12,19H,10H2,1-2H3/t12-/m0/s1. The van der Waals surface area contributed by atoms with E-state index in [1.807, 2.05) is 0 Å². The fourth-order valence-corrected chi connectivity index (χ4v) is 2.57. The molecule has 2 aromatic rings. The zero-order chi connectivity index (χ0) is 13.8. The van der Waals surface area contributed by atoms with Gasteiger partial charge in [-0.3, -0.25) is 0 Å². The average Bonchev–Trinajstić information content (AvgIpc) is 2.40. The Balaban J connectivity index is 1.98. The number of aryl methyl sites for hydroxylation is 1. The van der Waals surface area contributed by atoms with Crippen molar-refractivity contribution in [2.45, 2.75) is 26.4 Å². The smallest absolute Gasteiger partial charge is 0.0320 e. The molecule has 2 rings (SSSR count). The molecule has 0 heterocycles. The summed E-state index contributed by atoms with van der Waals surface area (Å²) in [6, 6.07) is 15.4. The molecule has 19 heavy (non-hydrogen) atoms. The van der Waals surface area contributed by atoms with Crippen molar-refractivity contribution in [1.82, 2.24) is 5.32 Å². The van der Waals surface area contributed by atoms with Crippen LogP contribution in [0.5, 0.6) is 0 Å². The van der Waals surface area contributed by atoms with E-state index in [9.17, 15) is 0 Å². The molecular formula is C16H17Br2N. The maximum Gasteiger partial charge on any atom is 0.0320 e. The molecule has 0 amide bonds. The molecule has 1 nitrogen and oxygen atoms in total. The van der Waals surface area contributed by atoms with Crippen LogP contribution in [-0.2, 0) is 6.54 Å². The van der Waals surface area contributed by atoms with Gasteiger partial charge in [0.25, 0.3) is 0 Å². The van der Waals surface area contributed by atoms with E-state index in [1.54, 1.807) is 0 Å². The summed E-state index contributed by atoms with van der Waals surface area (Å²) in [6.45, 7) is 5.17. The van der Waals surface area contributed by atoms with E-state index in [2.05, 4.69) is 93.5 Å².